The zero-order chi connectivity index (χ0) is 12.4. The number of amides is 2. The van der Waals surface area contributed by atoms with Crippen molar-refractivity contribution in [2.24, 2.45) is 5.92 Å². The Labute approximate surface area is 101 Å². The highest BCUT2D eigenvalue weighted by molar-refractivity contribution is 5.96. The zero-order valence-electron chi connectivity index (χ0n) is 10.4. The van der Waals surface area contributed by atoms with Crippen LogP contribution in [0.3, 0.4) is 0 Å². The lowest BCUT2D eigenvalue weighted by Crippen LogP contribution is -2.61. The van der Waals surface area contributed by atoms with Gasteiger partial charge in [-0.2, -0.15) is 0 Å². The summed E-state index contributed by atoms with van der Waals surface area (Å²) in [5.41, 5.74) is 0. The molecule has 1 heterocycles. The van der Waals surface area contributed by atoms with Gasteiger partial charge in [-0.3, -0.25) is 9.59 Å². The molecule has 2 unspecified atom stereocenters. The van der Waals surface area contributed by atoms with Crippen molar-refractivity contribution in [2.45, 2.75) is 38.8 Å². The minimum atomic E-state index is -0.415. The summed E-state index contributed by atoms with van der Waals surface area (Å²) in [5.74, 6) is 0.623. The molecule has 0 radical (unpaired) electrons. The molecule has 0 aromatic rings. The number of hydrogen-bond acceptors (Lipinski definition) is 3. The van der Waals surface area contributed by atoms with Crippen molar-refractivity contribution in [3.05, 3.63) is 0 Å². The molecular weight excluding hydrogens is 220 g/mol. The molecule has 0 bridgehead atoms. The summed E-state index contributed by atoms with van der Waals surface area (Å²) >= 11 is 0. The van der Waals surface area contributed by atoms with Crippen molar-refractivity contribution in [3.63, 3.8) is 0 Å². The molecule has 2 rings (SSSR count). The summed E-state index contributed by atoms with van der Waals surface area (Å²) in [6, 6.07) is -0.801. The van der Waals surface area contributed by atoms with E-state index >= 15 is 0 Å². The number of piperazine rings is 1. The van der Waals surface area contributed by atoms with Crippen molar-refractivity contribution in [3.8, 4) is 0 Å². The average molecular weight is 240 g/mol. The Morgan fingerprint density at radius 1 is 1.35 bits per heavy atom. The van der Waals surface area contributed by atoms with Crippen LogP contribution in [-0.4, -0.2) is 48.6 Å². The van der Waals surface area contributed by atoms with Gasteiger partial charge in [0.25, 0.3) is 0 Å². The molecular formula is C12H20N2O3. The molecule has 2 atom stereocenters. The standard InChI is InChI=1S/C12H20N2O3/c1-8-12(16)14(9(2)11(15)13-8)5-6-17-7-10-3-4-10/h8-10H,3-7H2,1-2H3,(H,13,15). The lowest BCUT2D eigenvalue weighted by molar-refractivity contribution is -0.148. The first-order valence-electron chi connectivity index (χ1n) is 6.28. The van der Waals surface area contributed by atoms with Crippen LogP contribution in [0, 0.1) is 5.92 Å². The Balaban J connectivity index is 1.78. The summed E-state index contributed by atoms with van der Waals surface area (Å²) < 4.78 is 5.50. The molecule has 1 aliphatic carbocycles. The first-order valence-corrected chi connectivity index (χ1v) is 6.28. The highest BCUT2D eigenvalue weighted by Gasteiger charge is 2.35. The van der Waals surface area contributed by atoms with Crippen LogP contribution in [0.2, 0.25) is 0 Å². The number of rotatable bonds is 5. The second kappa shape index (κ2) is 5.04. The van der Waals surface area contributed by atoms with E-state index in [1.165, 1.54) is 12.8 Å². The number of hydrogen-bond donors (Lipinski definition) is 1. The lowest BCUT2D eigenvalue weighted by atomic mass is 10.1. The Kier molecular flexibility index (Phi) is 3.66. The number of nitrogens with zero attached hydrogens (tertiary/aromatic N) is 1. The number of carbonyl (C=O) groups excluding carboxylic acids is 2. The van der Waals surface area contributed by atoms with Gasteiger partial charge < -0.3 is 15.0 Å². The largest absolute Gasteiger partial charge is 0.379 e. The van der Waals surface area contributed by atoms with Crippen LogP contribution in [0.1, 0.15) is 26.7 Å². The highest BCUT2D eigenvalue weighted by Crippen LogP contribution is 2.28. The molecule has 0 aromatic heterocycles. The van der Waals surface area contributed by atoms with Gasteiger partial charge >= 0.3 is 0 Å². The quantitative estimate of drug-likeness (QED) is 0.696. The summed E-state index contributed by atoms with van der Waals surface area (Å²) in [7, 11) is 0. The molecule has 1 aliphatic heterocycles. The van der Waals surface area contributed by atoms with Crippen molar-refractivity contribution in [1.82, 2.24) is 10.2 Å². The van der Waals surface area contributed by atoms with Crippen LogP contribution >= 0.6 is 0 Å². The Morgan fingerprint density at radius 2 is 2.06 bits per heavy atom. The van der Waals surface area contributed by atoms with Crippen LogP contribution in [0.15, 0.2) is 0 Å². The lowest BCUT2D eigenvalue weighted by Gasteiger charge is -2.36. The van der Waals surface area contributed by atoms with Gasteiger partial charge in [-0.05, 0) is 32.6 Å². The number of carbonyl (C=O) groups is 2. The van der Waals surface area contributed by atoms with E-state index in [1.807, 2.05) is 0 Å². The second-order valence-electron chi connectivity index (χ2n) is 4.96. The molecule has 17 heavy (non-hydrogen) atoms. The third-order valence-electron chi connectivity index (χ3n) is 3.39. The monoisotopic (exact) mass is 240 g/mol. The summed E-state index contributed by atoms with van der Waals surface area (Å²) in [5, 5.41) is 2.66. The van der Waals surface area contributed by atoms with E-state index in [2.05, 4.69) is 5.32 Å². The third kappa shape index (κ3) is 2.97. The first-order chi connectivity index (χ1) is 8.09. The molecule has 5 heteroatoms. The van der Waals surface area contributed by atoms with Crippen molar-refractivity contribution >= 4 is 11.8 Å². The van der Waals surface area contributed by atoms with Crippen LogP contribution in [-0.2, 0) is 14.3 Å². The minimum absolute atomic E-state index is 0.0212. The van der Waals surface area contributed by atoms with Crippen LogP contribution < -0.4 is 5.32 Å². The van der Waals surface area contributed by atoms with E-state index < -0.39 is 6.04 Å². The van der Waals surface area contributed by atoms with Crippen LogP contribution in [0.25, 0.3) is 0 Å². The fraction of sp³-hybridized carbons (Fsp3) is 0.833. The van der Waals surface area contributed by atoms with Gasteiger partial charge in [-0.25, -0.2) is 0 Å². The van der Waals surface area contributed by atoms with Gasteiger partial charge in [0.1, 0.15) is 12.1 Å². The predicted molar refractivity (Wildman–Crippen MR) is 62.3 cm³/mol. The second-order valence-corrected chi connectivity index (χ2v) is 4.96. The Hall–Kier alpha value is -1.10. The Bertz CT molecular complexity index is 315. The molecule has 1 N–H and O–H groups in total. The SMILES string of the molecule is CC1NC(=O)C(C)N(CCOCC2CC2)C1=O. The van der Waals surface area contributed by atoms with Crippen LogP contribution in [0.5, 0.6) is 0 Å². The molecule has 96 valence electrons. The maximum atomic E-state index is 11.9. The fourth-order valence-electron chi connectivity index (χ4n) is 1.98. The maximum Gasteiger partial charge on any atom is 0.245 e. The summed E-state index contributed by atoms with van der Waals surface area (Å²) in [6.45, 7) is 5.28. The van der Waals surface area contributed by atoms with Crippen molar-refractivity contribution in [2.75, 3.05) is 19.8 Å². The smallest absolute Gasteiger partial charge is 0.245 e. The van der Waals surface area contributed by atoms with E-state index in [0.717, 1.165) is 12.5 Å². The van der Waals surface area contributed by atoms with Gasteiger partial charge in [-0.1, -0.05) is 0 Å². The molecule has 1 saturated carbocycles. The number of nitrogens with one attached hydrogen (secondary N) is 1. The van der Waals surface area contributed by atoms with Gasteiger partial charge in [0, 0.05) is 13.2 Å². The zero-order valence-corrected chi connectivity index (χ0v) is 10.4. The molecule has 2 fully saturated rings. The van der Waals surface area contributed by atoms with Gasteiger partial charge in [0.15, 0.2) is 0 Å². The Morgan fingerprint density at radius 3 is 2.71 bits per heavy atom. The predicted octanol–water partition coefficient (Wildman–Crippen LogP) is 0.148. The molecule has 5 nitrogen and oxygen atoms in total. The summed E-state index contributed by atoms with van der Waals surface area (Å²) in [4.78, 5) is 25.1. The molecule has 0 spiro atoms. The summed E-state index contributed by atoms with van der Waals surface area (Å²) in [6.07, 6.45) is 2.52. The van der Waals surface area contributed by atoms with Gasteiger partial charge in [-0.15, -0.1) is 0 Å². The fourth-order valence-corrected chi connectivity index (χ4v) is 1.98. The van der Waals surface area contributed by atoms with Gasteiger partial charge in [0.05, 0.1) is 6.61 Å². The number of ether oxygens (including phenoxy) is 1. The topological polar surface area (TPSA) is 58.6 Å². The molecule has 2 aliphatic rings. The van der Waals surface area contributed by atoms with Gasteiger partial charge in [0.2, 0.25) is 11.8 Å². The highest BCUT2D eigenvalue weighted by atomic mass is 16.5. The van der Waals surface area contributed by atoms with E-state index in [-0.39, 0.29) is 17.9 Å². The van der Waals surface area contributed by atoms with E-state index in [0.29, 0.717) is 13.2 Å². The minimum Gasteiger partial charge on any atom is -0.379 e. The van der Waals surface area contributed by atoms with E-state index in [9.17, 15) is 9.59 Å². The molecule has 2 amide bonds. The molecule has 0 aromatic carbocycles. The van der Waals surface area contributed by atoms with E-state index in [1.54, 1.807) is 18.7 Å². The van der Waals surface area contributed by atoms with Crippen LogP contribution in [0.4, 0.5) is 0 Å². The van der Waals surface area contributed by atoms with Crippen molar-refractivity contribution in [1.29, 1.82) is 0 Å². The third-order valence-corrected chi connectivity index (χ3v) is 3.39. The maximum absolute atomic E-state index is 11.9. The van der Waals surface area contributed by atoms with E-state index in [4.69, 9.17) is 4.74 Å². The van der Waals surface area contributed by atoms with Crippen molar-refractivity contribution < 1.29 is 14.3 Å². The first kappa shape index (κ1) is 12.4. The molecule has 1 saturated heterocycles. The average Bonchev–Trinajstić information content (AvgIpc) is 3.09. The normalized spacial score (nSPS) is 29.4.